The lowest BCUT2D eigenvalue weighted by Crippen LogP contribution is -2.51. The Bertz CT molecular complexity index is 1020. The van der Waals surface area contributed by atoms with E-state index in [1.165, 1.54) is 24.3 Å². The van der Waals surface area contributed by atoms with E-state index in [9.17, 15) is 9.18 Å². The second-order valence-corrected chi connectivity index (χ2v) is 7.89. The van der Waals surface area contributed by atoms with Crippen molar-refractivity contribution < 1.29 is 13.9 Å². The third-order valence-corrected chi connectivity index (χ3v) is 5.95. The fraction of sp³-hybridized carbons (Fsp3) is 0.269. The Balaban J connectivity index is 1.61. The maximum atomic E-state index is 13.3. The highest BCUT2D eigenvalue weighted by molar-refractivity contribution is 5.96. The summed E-state index contributed by atoms with van der Waals surface area (Å²) in [6, 6.07) is 24.0. The molecule has 0 bridgehead atoms. The van der Waals surface area contributed by atoms with E-state index in [0.717, 1.165) is 23.4 Å². The number of nitrogens with one attached hydrogen (secondary N) is 1. The van der Waals surface area contributed by atoms with Crippen LogP contribution in [0.1, 0.15) is 31.9 Å². The Morgan fingerprint density at radius 2 is 1.68 bits per heavy atom. The monoisotopic (exact) mass is 418 g/mol. The Hall–Kier alpha value is -3.34. The topological polar surface area (TPSA) is 41.6 Å². The molecule has 3 atom stereocenters. The van der Waals surface area contributed by atoms with Crippen molar-refractivity contribution in [3.8, 4) is 5.75 Å². The molecule has 1 aliphatic rings. The normalized spacial score (nSPS) is 20.1. The van der Waals surface area contributed by atoms with E-state index in [1.807, 2.05) is 41.3 Å². The quantitative estimate of drug-likeness (QED) is 0.548. The highest BCUT2D eigenvalue weighted by atomic mass is 19.1. The molecule has 0 radical (unpaired) electrons. The molecule has 31 heavy (non-hydrogen) atoms. The third-order valence-electron chi connectivity index (χ3n) is 5.95. The molecule has 1 heterocycles. The zero-order chi connectivity index (χ0) is 21.8. The van der Waals surface area contributed by atoms with E-state index >= 15 is 0 Å². The lowest BCUT2D eigenvalue weighted by Gasteiger charge is -2.45. The Kier molecular flexibility index (Phi) is 6.21. The van der Waals surface area contributed by atoms with Crippen LogP contribution in [0.3, 0.4) is 0 Å². The van der Waals surface area contributed by atoms with Crippen LogP contribution in [-0.2, 0) is 4.79 Å². The average molecular weight is 419 g/mol. The Morgan fingerprint density at radius 1 is 1.00 bits per heavy atom. The molecular formula is C26H27FN2O2. The summed E-state index contributed by atoms with van der Waals surface area (Å²) in [5.74, 6) is 0.230. The van der Waals surface area contributed by atoms with Crippen molar-refractivity contribution in [2.45, 2.75) is 32.4 Å². The summed E-state index contributed by atoms with van der Waals surface area (Å²) in [6.07, 6.45) is 0.824. The lowest BCUT2D eigenvalue weighted by atomic mass is 9.81. The van der Waals surface area contributed by atoms with Gasteiger partial charge in [-0.1, -0.05) is 50.2 Å². The summed E-state index contributed by atoms with van der Waals surface area (Å²) in [6.45, 7) is 4.20. The van der Waals surface area contributed by atoms with Crippen molar-refractivity contribution in [1.29, 1.82) is 0 Å². The number of hydrogen-bond acceptors (Lipinski definition) is 3. The number of para-hydroxylation sites is 2. The van der Waals surface area contributed by atoms with E-state index in [-0.39, 0.29) is 36.3 Å². The summed E-state index contributed by atoms with van der Waals surface area (Å²) in [5, 5.41) is 3.67. The smallest absolute Gasteiger partial charge is 0.265 e. The molecule has 0 aromatic heterocycles. The standard InChI is InChI=1S/C26H27FN2O2/c1-3-23-18(2)26(28-20-9-5-4-6-10-20)22-11-7-8-12-24(22)29(23)25(30)17-31-21-15-13-19(27)14-16-21/h4-16,18,23,26,28H,3,17H2,1-2H3. The number of hydrogen-bond donors (Lipinski definition) is 1. The van der Waals surface area contributed by atoms with Gasteiger partial charge in [-0.3, -0.25) is 4.79 Å². The zero-order valence-corrected chi connectivity index (χ0v) is 17.8. The van der Waals surface area contributed by atoms with Gasteiger partial charge in [0.2, 0.25) is 0 Å². The van der Waals surface area contributed by atoms with Crippen molar-refractivity contribution in [3.05, 3.63) is 90.2 Å². The molecule has 1 N–H and O–H groups in total. The minimum absolute atomic E-state index is 0.0282. The second-order valence-electron chi connectivity index (χ2n) is 7.89. The van der Waals surface area contributed by atoms with Gasteiger partial charge >= 0.3 is 0 Å². The summed E-state index contributed by atoms with van der Waals surface area (Å²) in [4.78, 5) is 15.2. The molecule has 4 rings (SSSR count). The highest BCUT2D eigenvalue weighted by Crippen LogP contribution is 2.43. The van der Waals surface area contributed by atoms with Gasteiger partial charge in [-0.2, -0.15) is 0 Å². The first-order valence-electron chi connectivity index (χ1n) is 10.7. The van der Waals surface area contributed by atoms with E-state index in [0.29, 0.717) is 5.75 Å². The fourth-order valence-corrected chi connectivity index (χ4v) is 4.43. The molecule has 3 aromatic carbocycles. The van der Waals surface area contributed by atoms with Gasteiger partial charge in [0, 0.05) is 23.3 Å². The molecule has 0 saturated carbocycles. The number of nitrogens with zero attached hydrogens (tertiary/aromatic N) is 1. The number of rotatable bonds is 6. The highest BCUT2D eigenvalue weighted by Gasteiger charge is 2.40. The van der Waals surface area contributed by atoms with Crippen LogP contribution >= 0.6 is 0 Å². The van der Waals surface area contributed by atoms with Crippen LogP contribution in [0.15, 0.2) is 78.9 Å². The minimum Gasteiger partial charge on any atom is -0.484 e. The molecule has 0 spiro atoms. The summed E-state index contributed by atoms with van der Waals surface area (Å²) >= 11 is 0. The predicted octanol–water partition coefficient (Wildman–Crippen LogP) is 5.82. The first kappa shape index (κ1) is 20.9. The molecule has 4 nitrogen and oxygen atoms in total. The van der Waals surface area contributed by atoms with Gasteiger partial charge in [-0.25, -0.2) is 4.39 Å². The summed E-state index contributed by atoms with van der Waals surface area (Å²) < 4.78 is 18.8. The zero-order valence-electron chi connectivity index (χ0n) is 17.8. The fourth-order valence-electron chi connectivity index (χ4n) is 4.43. The Labute approximate surface area is 182 Å². The van der Waals surface area contributed by atoms with E-state index < -0.39 is 0 Å². The average Bonchev–Trinajstić information content (AvgIpc) is 2.80. The van der Waals surface area contributed by atoms with Crippen LogP contribution in [0.4, 0.5) is 15.8 Å². The van der Waals surface area contributed by atoms with Crippen LogP contribution in [0.25, 0.3) is 0 Å². The number of anilines is 2. The lowest BCUT2D eigenvalue weighted by molar-refractivity contribution is -0.121. The van der Waals surface area contributed by atoms with Gasteiger partial charge in [0.15, 0.2) is 6.61 Å². The van der Waals surface area contributed by atoms with Gasteiger partial charge in [-0.15, -0.1) is 0 Å². The maximum Gasteiger partial charge on any atom is 0.265 e. The molecule has 5 heteroatoms. The molecule has 1 aliphatic heterocycles. The van der Waals surface area contributed by atoms with Gasteiger partial charge in [0.05, 0.1) is 6.04 Å². The summed E-state index contributed by atoms with van der Waals surface area (Å²) in [5.41, 5.74) is 3.07. The molecule has 3 aromatic rings. The number of ether oxygens (including phenoxy) is 1. The third kappa shape index (κ3) is 4.41. The van der Waals surface area contributed by atoms with Gasteiger partial charge in [0.25, 0.3) is 5.91 Å². The number of benzene rings is 3. The Morgan fingerprint density at radius 3 is 2.39 bits per heavy atom. The number of fused-ring (bicyclic) bond motifs is 1. The van der Waals surface area contributed by atoms with E-state index in [2.05, 4.69) is 37.4 Å². The number of amides is 1. The maximum absolute atomic E-state index is 13.3. The second kappa shape index (κ2) is 9.21. The van der Waals surface area contributed by atoms with E-state index in [1.54, 1.807) is 0 Å². The van der Waals surface area contributed by atoms with Crippen LogP contribution in [0.2, 0.25) is 0 Å². The first-order valence-corrected chi connectivity index (χ1v) is 10.7. The minimum atomic E-state index is -0.333. The van der Waals surface area contributed by atoms with E-state index in [4.69, 9.17) is 4.74 Å². The molecule has 3 unspecified atom stereocenters. The molecule has 160 valence electrons. The molecular weight excluding hydrogens is 391 g/mol. The van der Waals surface area contributed by atoms with Crippen molar-refractivity contribution in [1.82, 2.24) is 0 Å². The van der Waals surface area contributed by atoms with Crippen molar-refractivity contribution in [2.75, 3.05) is 16.8 Å². The predicted molar refractivity (Wildman–Crippen MR) is 122 cm³/mol. The summed E-state index contributed by atoms with van der Waals surface area (Å²) in [7, 11) is 0. The molecule has 0 saturated heterocycles. The van der Waals surface area contributed by atoms with Crippen LogP contribution < -0.4 is 15.0 Å². The SMILES string of the molecule is CCC1C(C)C(Nc2ccccc2)c2ccccc2N1C(=O)COc1ccc(F)cc1. The molecule has 1 amide bonds. The van der Waals surface area contributed by atoms with Gasteiger partial charge in [0.1, 0.15) is 11.6 Å². The van der Waals surface area contributed by atoms with Crippen molar-refractivity contribution in [3.63, 3.8) is 0 Å². The van der Waals surface area contributed by atoms with Crippen molar-refractivity contribution >= 4 is 17.3 Å². The molecule has 0 fully saturated rings. The van der Waals surface area contributed by atoms with Crippen LogP contribution in [-0.4, -0.2) is 18.6 Å². The number of carbonyl (C=O) groups is 1. The van der Waals surface area contributed by atoms with Gasteiger partial charge in [-0.05, 0) is 54.4 Å². The largest absolute Gasteiger partial charge is 0.484 e. The number of carbonyl (C=O) groups excluding carboxylic acids is 1. The number of halogens is 1. The molecule has 0 aliphatic carbocycles. The van der Waals surface area contributed by atoms with Crippen molar-refractivity contribution in [2.24, 2.45) is 5.92 Å². The van der Waals surface area contributed by atoms with Crippen LogP contribution in [0, 0.1) is 11.7 Å². The van der Waals surface area contributed by atoms with Gasteiger partial charge < -0.3 is 15.0 Å². The first-order chi connectivity index (χ1) is 15.1. The van der Waals surface area contributed by atoms with Crippen LogP contribution in [0.5, 0.6) is 5.75 Å².